The molecule has 0 spiro atoms. The fraction of sp³-hybridized carbons (Fsp3) is 0.818. The van der Waals surface area contributed by atoms with Crippen LogP contribution < -0.4 is 0 Å². The van der Waals surface area contributed by atoms with E-state index >= 15 is 0 Å². The highest BCUT2D eigenvalue weighted by Crippen LogP contribution is 2.29. The Bertz CT molecular complexity index is 363. The molecule has 0 aromatic rings. The average molecular weight is 231 g/mol. The van der Waals surface area contributed by atoms with Gasteiger partial charge in [0, 0.05) is 12.6 Å². The Morgan fingerprint density at radius 1 is 1.40 bits per heavy atom. The van der Waals surface area contributed by atoms with Crippen molar-refractivity contribution in [2.24, 2.45) is 0 Å². The first kappa shape index (κ1) is 12.7. The lowest BCUT2D eigenvalue weighted by atomic mass is 10.1. The molecule has 88 valence electrons. The van der Waals surface area contributed by atoms with Crippen LogP contribution >= 0.6 is 0 Å². The second-order valence-corrected chi connectivity index (χ2v) is 7.87. The predicted octanol–water partition coefficient (Wildman–Crippen LogP) is 1.81. The molecule has 1 unspecified atom stereocenters. The molecular weight excluding hydrogens is 210 g/mol. The number of hydrogen-bond donors (Lipinski definition) is 0. The second-order valence-electron chi connectivity index (χ2n) is 5.17. The molecule has 0 aromatic heterocycles. The Kier molecular flexibility index (Phi) is 3.31. The van der Waals surface area contributed by atoms with Crippen molar-refractivity contribution in [3.8, 4) is 0 Å². The minimum Gasteiger partial charge on any atom is -0.299 e. The Morgan fingerprint density at radius 2 is 1.93 bits per heavy atom. The number of hydrogen-bond acceptors (Lipinski definition) is 3. The maximum Gasteiger partial charge on any atom is 0.180 e. The van der Waals surface area contributed by atoms with E-state index < -0.39 is 14.6 Å². The third-order valence-electron chi connectivity index (χ3n) is 3.02. The van der Waals surface area contributed by atoms with Crippen LogP contribution in [0.25, 0.3) is 0 Å². The molecule has 1 atom stereocenters. The zero-order valence-corrected chi connectivity index (χ0v) is 11.1. The van der Waals surface area contributed by atoms with Crippen LogP contribution in [0.1, 0.15) is 34.1 Å². The molecule has 3 nitrogen and oxygen atoms in total. The van der Waals surface area contributed by atoms with Crippen molar-refractivity contribution in [1.29, 1.82) is 0 Å². The number of likely N-dealkylation sites (N-methyl/N-ethyl adjacent to an activating group) is 1. The molecule has 1 heterocycles. The van der Waals surface area contributed by atoms with Gasteiger partial charge in [0.1, 0.15) is 0 Å². The lowest BCUT2D eigenvalue weighted by Crippen LogP contribution is -2.41. The van der Waals surface area contributed by atoms with E-state index in [0.717, 1.165) is 13.0 Å². The molecule has 0 fully saturated rings. The maximum absolute atomic E-state index is 12.3. The molecule has 0 N–H and O–H groups in total. The SMILES string of the molecule is CC1C(S(=O)(=O)C(C)(C)C)=CCCN1C. The second kappa shape index (κ2) is 3.91. The minimum atomic E-state index is -3.16. The molecule has 0 amide bonds. The van der Waals surface area contributed by atoms with Crippen LogP contribution in [0.2, 0.25) is 0 Å². The standard InChI is InChI=1S/C11H21NO2S/c1-9-10(7-6-8-12(9)5)15(13,14)11(2,3)4/h7,9H,6,8H2,1-5H3. The smallest absolute Gasteiger partial charge is 0.180 e. The summed E-state index contributed by atoms with van der Waals surface area (Å²) in [6.07, 6.45) is 2.71. The van der Waals surface area contributed by atoms with E-state index in [1.165, 1.54) is 0 Å². The number of sulfone groups is 1. The molecule has 0 bridgehead atoms. The van der Waals surface area contributed by atoms with Crippen LogP contribution in [0.4, 0.5) is 0 Å². The van der Waals surface area contributed by atoms with Crippen LogP contribution in [0.15, 0.2) is 11.0 Å². The van der Waals surface area contributed by atoms with Gasteiger partial charge in [-0.25, -0.2) is 8.42 Å². The van der Waals surface area contributed by atoms with Gasteiger partial charge in [-0.1, -0.05) is 6.08 Å². The van der Waals surface area contributed by atoms with E-state index in [2.05, 4.69) is 4.90 Å². The third-order valence-corrected chi connectivity index (χ3v) is 5.76. The topological polar surface area (TPSA) is 37.4 Å². The van der Waals surface area contributed by atoms with Gasteiger partial charge in [-0.15, -0.1) is 0 Å². The van der Waals surface area contributed by atoms with Crippen molar-refractivity contribution in [1.82, 2.24) is 4.90 Å². The van der Waals surface area contributed by atoms with Crippen LogP contribution in [-0.2, 0) is 9.84 Å². The molecular formula is C11H21NO2S. The van der Waals surface area contributed by atoms with Crippen molar-refractivity contribution in [2.45, 2.75) is 44.9 Å². The van der Waals surface area contributed by atoms with Gasteiger partial charge >= 0.3 is 0 Å². The van der Waals surface area contributed by atoms with E-state index in [4.69, 9.17) is 0 Å². The van der Waals surface area contributed by atoms with Crippen molar-refractivity contribution in [3.63, 3.8) is 0 Å². The molecule has 1 aliphatic rings. The Labute approximate surface area is 93.1 Å². The lowest BCUT2D eigenvalue weighted by molar-refractivity contribution is 0.284. The molecule has 1 rings (SSSR count). The highest BCUT2D eigenvalue weighted by Gasteiger charge is 2.37. The number of rotatable bonds is 1. The van der Waals surface area contributed by atoms with Gasteiger partial charge in [-0.05, 0) is 41.2 Å². The van der Waals surface area contributed by atoms with E-state index in [0.29, 0.717) is 4.91 Å². The van der Waals surface area contributed by atoms with E-state index in [1.807, 2.05) is 20.0 Å². The molecule has 0 saturated carbocycles. The molecule has 4 heteroatoms. The Morgan fingerprint density at radius 3 is 2.40 bits per heavy atom. The summed E-state index contributed by atoms with van der Waals surface area (Å²) in [7, 11) is -1.19. The summed E-state index contributed by atoms with van der Waals surface area (Å²) in [5, 5.41) is 0. The molecule has 0 aliphatic carbocycles. The normalized spacial score (nSPS) is 25.1. The van der Waals surface area contributed by atoms with Gasteiger partial charge in [0.05, 0.1) is 9.65 Å². The van der Waals surface area contributed by atoms with Crippen molar-refractivity contribution in [2.75, 3.05) is 13.6 Å². The fourth-order valence-corrected chi connectivity index (χ4v) is 3.35. The largest absolute Gasteiger partial charge is 0.299 e. The van der Waals surface area contributed by atoms with Crippen LogP contribution in [0.5, 0.6) is 0 Å². The van der Waals surface area contributed by atoms with E-state index in [1.54, 1.807) is 20.8 Å². The number of nitrogens with zero attached hydrogens (tertiary/aromatic N) is 1. The average Bonchev–Trinajstić information content (AvgIpc) is 2.07. The van der Waals surface area contributed by atoms with Crippen molar-refractivity contribution in [3.05, 3.63) is 11.0 Å². The van der Waals surface area contributed by atoms with Gasteiger partial charge < -0.3 is 0 Å². The summed E-state index contributed by atoms with van der Waals surface area (Å²) >= 11 is 0. The Hall–Kier alpha value is -0.350. The first-order chi connectivity index (χ1) is 6.68. The fourth-order valence-electron chi connectivity index (χ4n) is 1.68. The summed E-state index contributed by atoms with van der Waals surface area (Å²) in [5.74, 6) is 0. The minimum absolute atomic E-state index is 0.00275. The zero-order chi connectivity index (χ0) is 11.9. The van der Waals surface area contributed by atoms with Crippen molar-refractivity contribution >= 4 is 9.84 Å². The maximum atomic E-state index is 12.3. The van der Waals surface area contributed by atoms with Gasteiger partial charge in [0.2, 0.25) is 0 Å². The summed E-state index contributed by atoms with van der Waals surface area (Å²) in [5.41, 5.74) is 0. The molecule has 0 aromatic carbocycles. The quantitative estimate of drug-likeness (QED) is 0.690. The van der Waals surface area contributed by atoms with Gasteiger partial charge in [0.25, 0.3) is 0 Å². The summed E-state index contributed by atoms with van der Waals surface area (Å²) in [4.78, 5) is 2.67. The highest BCUT2D eigenvalue weighted by atomic mass is 32.2. The molecule has 15 heavy (non-hydrogen) atoms. The molecule has 1 aliphatic heterocycles. The summed E-state index contributed by atoms with van der Waals surface area (Å²) in [6, 6.07) is 0.00275. The first-order valence-corrected chi connectivity index (χ1v) is 6.81. The first-order valence-electron chi connectivity index (χ1n) is 5.33. The van der Waals surface area contributed by atoms with Gasteiger partial charge in [-0.2, -0.15) is 0 Å². The van der Waals surface area contributed by atoms with E-state index in [9.17, 15) is 8.42 Å². The predicted molar refractivity (Wildman–Crippen MR) is 63.5 cm³/mol. The third kappa shape index (κ3) is 2.26. The summed E-state index contributed by atoms with van der Waals surface area (Å²) < 4.78 is 23.8. The Balaban J connectivity index is 3.14. The lowest BCUT2D eigenvalue weighted by Gasteiger charge is -2.33. The van der Waals surface area contributed by atoms with Gasteiger partial charge in [0.15, 0.2) is 9.84 Å². The van der Waals surface area contributed by atoms with Crippen molar-refractivity contribution < 1.29 is 8.42 Å². The monoisotopic (exact) mass is 231 g/mol. The van der Waals surface area contributed by atoms with Crippen LogP contribution in [0.3, 0.4) is 0 Å². The van der Waals surface area contributed by atoms with Crippen LogP contribution in [0, 0.1) is 0 Å². The van der Waals surface area contributed by atoms with Gasteiger partial charge in [-0.3, -0.25) is 4.90 Å². The summed E-state index contributed by atoms with van der Waals surface area (Å²) in [6.45, 7) is 8.15. The van der Waals surface area contributed by atoms with Crippen LogP contribution in [-0.4, -0.2) is 37.7 Å². The zero-order valence-electron chi connectivity index (χ0n) is 10.2. The molecule has 0 saturated heterocycles. The highest BCUT2D eigenvalue weighted by molar-refractivity contribution is 7.96. The van der Waals surface area contributed by atoms with E-state index in [-0.39, 0.29) is 6.04 Å². The molecule has 0 radical (unpaired) electrons.